The van der Waals surface area contributed by atoms with Crippen molar-refractivity contribution in [2.75, 3.05) is 6.61 Å². The van der Waals surface area contributed by atoms with Gasteiger partial charge in [0.1, 0.15) is 23.6 Å². The predicted molar refractivity (Wildman–Crippen MR) is 96.7 cm³/mol. The van der Waals surface area contributed by atoms with Crippen LogP contribution in [0.1, 0.15) is 11.3 Å². The third kappa shape index (κ3) is 3.80. The molecule has 1 aromatic carbocycles. The number of furan rings is 1. The summed E-state index contributed by atoms with van der Waals surface area (Å²) < 4.78 is 26.0. The molecule has 0 unspecified atom stereocenters. The summed E-state index contributed by atoms with van der Waals surface area (Å²) in [6, 6.07) is 11.5. The molecule has 0 radical (unpaired) electrons. The van der Waals surface area contributed by atoms with Crippen LogP contribution in [0.15, 0.2) is 66.9 Å². The van der Waals surface area contributed by atoms with Gasteiger partial charge in [0.2, 0.25) is 5.76 Å². The molecule has 0 amide bonds. The third-order valence-corrected chi connectivity index (χ3v) is 3.98. The number of aryl methyl sites for hydroxylation is 1. The second kappa shape index (κ2) is 7.43. The van der Waals surface area contributed by atoms with E-state index in [9.17, 15) is 9.59 Å². The van der Waals surface area contributed by atoms with Gasteiger partial charge in [-0.2, -0.15) is 0 Å². The van der Waals surface area contributed by atoms with E-state index >= 15 is 0 Å². The molecule has 8 nitrogen and oxygen atoms in total. The number of rotatable bonds is 6. The third-order valence-electron chi connectivity index (χ3n) is 3.98. The minimum Gasteiger partial charge on any atom is -0.482 e. The van der Waals surface area contributed by atoms with Crippen LogP contribution < -0.4 is 10.4 Å². The molecule has 0 bridgehead atoms. The number of carbonyl (C=O) groups is 1. The Morgan fingerprint density at radius 1 is 1.14 bits per heavy atom. The highest BCUT2D eigenvalue weighted by Gasteiger charge is 2.12. The lowest BCUT2D eigenvalue weighted by Gasteiger charge is -2.07. The SMILES string of the molecule is Cc1cc(=O)oc2cc(OCC(=O)OCc3cc(-c4ccco4)on3)ccc12. The second-order valence-electron chi connectivity index (χ2n) is 6.02. The van der Waals surface area contributed by atoms with E-state index in [0.29, 0.717) is 28.5 Å². The molecule has 3 aromatic heterocycles. The van der Waals surface area contributed by atoms with E-state index in [1.807, 2.05) is 6.92 Å². The number of fused-ring (bicyclic) bond motifs is 1. The zero-order valence-corrected chi connectivity index (χ0v) is 14.8. The van der Waals surface area contributed by atoms with Crippen LogP contribution in [0.2, 0.25) is 0 Å². The van der Waals surface area contributed by atoms with Crippen molar-refractivity contribution < 1.29 is 27.6 Å². The van der Waals surface area contributed by atoms with Crippen molar-refractivity contribution in [2.24, 2.45) is 0 Å². The van der Waals surface area contributed by atoms with E-state index in [4.69, 9.17) is 22.8 Å². The van der Waals surface area contributed by atoms with Gasteiger partial charge < -0.3 is 22.8 Å². The maximum atomic E-state index is 11.9. The first-order chi connectivity index (χ1) is 13.6. The lowest BCUT2D eigenvalue weighted by Crippen LogP contribution is -2.14. The molecule has 8 heteroatoms. The van der Waals surface area contributed by atoms with Crippen molar-refractivity contribution in [3.63, 3.8) is 0 Å². The molecular weight excluding hydrogens is 366 g/mol. The van der Waals surface area contributed by atoms with E-state index in [0.717, 1.165) is 10.9 Å². The Hall–Kier alpha value is -3.81. The Bertz CT molecular complexity index is 1170. The van der Waals surface area contributed by atoms with E-state index in [2.05, 4.69) is 5.16 Å². The molecule has 0 atom stereocenters. The van der Waals surface area contributed by atoms with Crippen LogP contribution >= 0.6 is 0 Å². The summed E-state index contributed by atoms with van der Waals surface area (Å²) in [5.74, 6) is 0.792. The standard InChI is InChI=1S/C20H15NO7/c1-12-7-19(22)27-17-9-14(4-5-15(12)17)25-11-20(23)26-10-13-8-18(28-21-13)16-3-2-6-24-16/h2-9H,10-11H2,1H3. The van der Waals surface area contributed by atoms with Crippen molar-refractivity contribution >= 4 is 16.9 Å². The fourth-order valence-corrected chi connectivity index (χ4v) is 2.65. The molecule has 0 aliphatic carbocycles. The van der Waals surface area contributed by atoms with Crippen LogP contribution in [0.5, 0.6) is 5.75 Å². The molecule has 142 valence electrons. The first kappa shape index (κ1) is 17.6. The van der Waals surface area contributed by atoms with Gasteiger partial charge in [-0.1, -0.05) is 5.16 Å². The van der Waals surface area contributed by atoms with Crippen molar-refractivity contribution in [1.29, 1.82) is 0 Å². The number of nitrogens with zero attached hydrogens (tertiary/aromatic N) is 1. The molecule has 0 aliphatic heterocycles. The first-order valence-corrected chi connectivity index (χ1v) is 8.41. The van der Waals surface area contributed by atoms with Crippen LogP contribution in [0.3, 0.4) is 0 Å². The van der Waals surface area contributed by atoms with E-state index < -0.39 is 11.6 Å². The summed E-state index contributed by atoms with van der Waals surface area (Å²) in [7, 11) is 0. The number of aromatic nitrogens is 1. The molecule has 0 saturated heterocycles. The van der Waals surface area contributed by atoms with Crippen molar-refractivity contribution in [1.82, 2.24) is 5.16 Å². The fraction of sp³-hybridized carbons (Fsp3) is 0.150. The molecular formula is C20H15NO7. The summed E-state index contributed by atoms with van der Waals surface area (Å²) in [4.78, 5) is 23.4. The Morgan fingerprint density at radius 3 is 2.86 bits per heavy atom. The Morgan fingerprint density at radius 2 is 2.04 bits per heavy atom. The predicted octanol–water partition coefficient (Wildman–Crippen LogP) is 3.47. The highest BCUT2D eigenvalue weighted by atomic mass is 16.6. The number of carbonyl (C=O) groups excluding carboxylic acids is 1. The lowest BCUT2D eigenvalue weighted by atomic mass is 10.1. The lowest BCUT2D eigenvalue weighted by molar-refractivity contribution is -0.147. The van der Waals surface area contributed by atoms with Gasteiger partial charge in [0, 0.05) is 23.6 Å². The van der Waals surface area contributed by atoms with Crippen LogP contribution in [0.4, 0.5) is 0 Å². The number of esters is 1. The minimum atomic E-state index is -0.576. The topological polar surface area (TPSA) is 105 Å². The quantitative estimate of drug-likeness (QED) is 0.369. The number of benzene rings is 1. The van der Waals surface area contributed by atoms with Gasteiger partial charge in [-0.15, -0.1) is 0 Å². The zero-order chi connectivity index (χ0) is 19.5. The number of hydrogen-bond acceptors (Lipinski definition) is 8. The van der Waals surface area contributed by atoms with E-state index in [1.54, 1.807) is 36.4 Å². The summed E-state index contributed by atoms with van der Waals surface area (Å²) in [5.41, 5.74) is 1.20. The molecule has 0 spiro atoms. The second-order valence-corrected chi connectivity index (χ2v) is 6.02. The van der Waals surface area contributed by atoms with Gasteiger partial charge in [-0.05, 0) is 36.8 Å². The van der Waals surface area contributed by atoms with E-state index in [-0.39, 0.29) is 13.2 Å². The molecule has 0 fully saturated rings. The highest BCUT2D eigenvalue weighted by Crippen LogP contribution is 2.23. The Kier molecular flexibility index (Phi) is 4.67. The van der Waals surface area contributed by atoms with Crippen LogP contribution in [-0.4, -0.2) is 17.7 Å². The monoisotopic (exact) mass is 381 g/mol. The molecule has 0 N–H and O–H groups in total. The summed E-state index contributed by atoms with van der Waals surface area (Å²) >= 11 is 0. The van der Waals surface area contributed by atoms with Gasteiger partial charge in [-0.3, -0.25) is 0 Å². The number of hydrogen-bond donors (Lipinski definition) is 0. The maximum absolute atomic E-state index is 11.9. The van der Waals surface area contributed by atoms with Gasteiger partial charge in [0.05, 0.1) is 6.26 Å². The van der Waals surface area contributed by atoms with Gasteiger partial charge in [-0.25, -0.2) is 9.59 Å². The summed E-state index contributed by atoms with van der Waals surface area (Å²) in [6.45, 7) is 1.46. The van der Waals surface area contributed by atoms with Crippen molar-refractivity contribution in [3.8, 4) is 17.3 Å². The Labute approximate surface area is 158 Å². The Balaban J connectivity index is 1.33. The minimum absolute atomic E-state index is 0.0573. The summed E-state index contributed by atoms with van der Waals surface area (Å²) in [5, 5.41) is 4.62. The maximum Gasteiger partial charge on any atom is 0.344 e. The van der Waals surface area contributed by atoms with Crippen LogP contribution in [-0.2, 0) is 16.1 Å². The molecule has 4 rings (SSSR count). The van der Waals surface area contributed by atoms with Gasteiger partial charge in [0.25, 0.3) is 0 Å². The number of ether oxygens (including phenoxy) is 2. The van der Waals surface area contributed by atoms with Gasteiger partial charge >= 0.3 is 11.6 Å². The molecule has 3 heterocycles. The fourth-order valence-electron chi connectivity index (χ4n) is 2.65. The zero-order valence-electron chi connectivity index (χ0n) is 14.8. The molecule has 0 aliphatic rings. The van der Waals surface area contributed by atoms with Crippen LogP contribution in [0, 0.1) is 6.92 Å². The summed E-state index contributed by atoms with van der Waals surface area (Å²) in [6.07, 6.45) is 1.52. The van der Waals surface area contributed by atoms with Gasteiger partial charge in [0.15, 0.2) is 12.4 Å². The molecule has 4 aromatic rings. The van der Waals surface area contributed by atoms with E-state index in [1.165, 1.54) is 12.3 Å². The van der Waals surface area contributed by atoms with Crippen molar-refractivity contribution in [3.05, 3.63) is 70.4 Å². The average Bonchev–Trinajstić information content (AvgIpc) is 3.35. The normalized spacial score (nSPS) is 10.9. The van der Waals surface area contributed by atoms with Crippen molar-refractivity contribution in [2.45, 2.75) is 13.5 Å². The largest absolute Gasteiger partial charge is 0.482 e. The smallest absolute Gasteiger partial charge is 0.344 e. The molecule has 28 heavy (non-hydrogen) atoms. The van der Waals surface area contributed by atoms with Crippen LogP contribution in [0.25, 0.3) is 22.5 Å². The average molecular weight is 381 g/mol. The molecule has 0 saturated carbocycles. The highest BCUT2D eigenvalue weighted by molar-refractivity contribution is 5.81. The first-order valence-electron chi connectivity index (χ1n) is 8.41.